The van der Waals surface area contributed by atoms with E-state index in [1.165, 1.54) is 12.1 Å². The number of piperidine rings is 1. The predicted octanol–water partition coefficient (Wildman–Crippen LogP) is 1.30. The Kier molecular flexibility index (Phi) is 4.75. The number of halogens is 3. The van der Waals surface area contributed by atoms with Gasteiger partial charge in [0.15, 0.2) is 0 Å². The molecule has 2 N–H and O–H groups in total. The number of carboxylic acids is 1. The van der Waals surface area contributed by atoms with Crippen molar-refractivity contribution in [2.24, 2.45) is 17.8 Å². The fourth-order valence-corrected chi connectivity index (χ4v) is 4.14. The highest BCUT2D eigenvalue weighted by atomic mass is 19.3. The number of nitrogens with one attached hydrogen (secondary N) is 1. The zero-order chi connectivity index (χ0) is 20.9. The lowest BCUT2D eigenvalue weighted by molar-refractivity contribution is -0.139. The molecule has 4 atom stereocenters. The zero-order valence-electron chi connectivity index (χ0n) is 15.1. The van der Waals surface area contributed by atoms with E-state index in [4.69, 9.17) is 9.84 Å². The number of ether oxygens (including phenoxy) is 1. The molecule has 3 aliphatic rings. The number of alkyl halides is 2. The summed E-state index contributed by atoms with van der Waals surface area (Å²) in [5.74, 6) is -3.12. The molecule has 1 aromatic carbocycles. The maximum Gasteiger partial charge on any atom is 0.414 e. The Morgan fingerprint density at radius 1 is 1.24 bits per heavy atom. The lowest BCUT2D eigenvalue weighted by atomic mass is 10.2. The molecular weight excluding hydrogens is 395 g/mol. The number of benzene rings is 1. The molecule has 3 fully saturated rings. The number of aliphatic carboxylic acids is 1. The Morgan fingerprint density at radius 3 is 2.52 bits per heavy atom. The molecular formula is C18H18F3N3O5. The minimum Gasteiger partial charge on any atom is -0.481 e. The number of hydrogen-bond acceptors (Lipinski definition) is 5. The van der Waals surface area contributed by atoms with Crippen LogP contribution in [0.5, 0.6) is 0 Å². The van der Waals surface area contributed by atoms with Gasteiger partial charge in [0.25, 0.3) is 5.91 Å². The molecule has 1 unspecified atom stereocenters. The van der Waals surface area contributed by atoms with Crippen molar-refractivity contribution in [3.05, 3.63) is 24.0 Å². The van der Waals surface area contributed by atoms with E-state index in [2.05, 4.69) is 0 Å². The van der Waals surface area contributed by atoms with Gasteiger partial charge < -0.3 is 20.1 Å². The number of nitrogens with zero attached hydrogens (tertiary/aromatic N) is 2. The summed E-state index contributed by atoms with van der Waals surface area (Å²) in [5, 5.41) is 11.0. The van der Waals surface area contributed by atoms with Crippen molar-refractivity contribution in [1.82, 2.24) is 5.32 Å². The molecule has 1 saturated carbocycles. The highest BCUT2D eigenvalue weighted by Crippen LogP contribution is 2.52. The Hall–Kier alpha value is -2.98. The van der Waals surface area contributed by atoms with E-state index >= 15 is 0 Å². The first kappa shape index (κ1) is 19.3. The maximum atomic E-state index is 14.6. The van der Waals surface area contributed by atoms with Gasteiger partial charge >= 0.3 is 18.5 Å². The highest BCUT2D eigenvalue weighted by Gasteiger charge is 2.60. The first-order chi connectivity index (χ1) is 13.8. The minimum absolute atomic E-state index is 0.0186. The number of rotatable bonds is 6. The van der Waals surface area contributed by atoms with Crippen molar-refractivity contribution in [3.63, 3.8) is 0 Å². The van der Waals surface area contributed by atoms with Gasteiger partial charge in [-0.25, -0.2) is 9.18 Å². The molecule has 0 spiro atoms. The van der Waals surface area contributed by atoms with Crippen LogP contribution in [0.25, 0.3) is 0 Å². The molecule has 156 valence electrons. The third-order valence-corrected chi connectivity index (χ3v) is 5.64. The summed E-state index contributed by atoms with van der Waals surface area (Å²) in [7, 11) is 0. The van der Waals surface area contributed by atoms with Crippen molar-refractivity contribution in [3.8, 4) is 0 Å². The minimum atomic E-state index is -3.16. The van der Waals surface area contributed by atoms with Crippen LogP contribution in [0.1, 0.15) is 0 Å². The topological polar surface area (TPSA) is 99.2 Å². The lowest BCUT2D eigenvalue weighted by Crippen LogP contribution is -2.37. The Balaban J connectivity index is 1.38. The van der Waals surface area contributed by atoms with Crippen LogP contribution in [-0.4, -0.2) is 61.8 Å². The van der Waals surface area contributed by atoms with Gasteiger partial charge in [0.05, 0.1) is 30.4 Å². The van der Waals surface area contributed by atoms with Crippen LogP contribution in [0, 0.1) is 23.6 Å². The fraction of sp³-hybridized carbons (Fsp3) is 0.500. The number of fused-ring (bicyclic) bond motifs is 1. The average molecular weight is 413 g/mol. The molecule has 2 aliphatic heterocycles. The van der Waals surface area contributed by atoms with Gasteiger partial charge in [-0.15, -0.1) is 0 Å². The standard InChI is InChI=1S/C18H18F3N3O5/c19-12-3-8(24-5-9(29-18(24)28)4-22-16(25)15(20)21)1-2-13(12)23-6-10-11(7-23)14(10)17(26)27/h1-3,9-11,14-15H,4-7H2,(H,22,25)(H,26,27)/t9-,10-,11+,14?/m0/s1. The summed E-state index contributed by atoms with van der Waals surface area (Å²) < 4.78 is 44.1. The number of carbonyl (C=O) groups excluding carboxylic acids is 2. The molecule has 0 radical (unpaired) electrons. The van der Waals surface area contributed by atoms with E-state index in [1.54, 1.807) is 11.0 Å². The van der Waals surface area contributed by atoms with Crippen molar-refractivity contribution >= 4 is 29.3 Å². The molecule has 11 heteroatoms. The average Bonchev–Trinajstić information content (AvgIpc) is 2.97. The molecule has 4 rings (SSSR count). The summed E-state index contributed by atoms with van der Waals surface area (Å²) in [5.41, 5.74) is 0.574. The molecule has 2 saturated heterocycles. The van der Waals surface area contributed by atoms with Crippen LogP contribution in [0.3, 0.4) is 0 Å². The van der Waals surface area contributed by atoms with Gasteiger partial charge in [0.2, 0.25) is 0 Å². The Bertz CT molecular complexity index is 855. The molecule has 8 nitrogen and oxygen atoms in total. The Morgan fingerprint density at radius 2 is 1.93 bits per heavy atom. The highest BCUT2D eigenvalue weighted by molar-refractivity contribution is 5.90. The monoisotopic (exact) mass is 413 g/mol. The normalized spacial score (nSPS) is 27.8. The predicted molar refractivity (Wildman–Crippen MR) is 93.3 cm³/mol. The van der Waals surface area contributed by atoms with Crippen molar-refractivity contribution < 1.29 is 37.4 Å². The van der Waals surface area contributed by atoms with Crippen LogP contribution in [0.4, 0.5) is 29.3 Å². The first-order valence-electron chi connectivity index (χ1n) is 9.07. The van der Waals surface area contributed by atoms with E-state index < -0.39 is 36.3 Å². The number of amides is 2. The second-order valence-corrected chi connectivity index (χ2v) is 7.39. The Labute approximate surface area is 163 Å². The molecule has 1 aliphatic carbocycles. The van der Waals surface area contributed by atoms with E-state index in [-0.39, 0.29) is 36.5 Å². The summed E-state index contributed by atoms with van der Waals surface area (Å²) >= 11 is 0. The summed E-state index contributed by atoms with van der Waals surface area (Å²) in [6, 6.07) is 4.23. The summed E-state index contributed by atoms with van der Waals surface area (Å²) in [6.45, 7) is 0.647. The zero-order valence-corrected chi connectivity index (χ0v) is 15.1. The third-order valence-electron chi connectivity index (χ3n) is 5.64. The molecule has 29 heavy (non-hydrogen) atoms. The SMILES string of the molecule is O=C(NC[C@H]1CN(c2ccc(N3C[C@@H]4C(C(=O)O)[C@@H]4C3)c(F)c2)C(=O)O1)C(F)F. The number of anilines is 2. The largest absolute Gasteiger partial charge is 0.481 e. The molecule has 1 aromatic rings. The van der Waals surface area contributed by atoms with Crippen molar-refractivity contribution in [1.29, 1.82) is 0 Å². The molecule has 2 amide bonds. The van der Waals surface area contributed by atoms with Crippen LogP contribution >= 0.6 is 0 Å². The van der Waals surface area contributed by atoms with Gasteiger partial charge in [-0.2, -0.15) is 8.78 Å². The number of hydrogen-bond donors (Lipinski definition) is 2. The molecule has 2 heterocycles. The second-order valence-electron chi connectivity index (χ2n) is 7.39. The summed E-state index contributed by atoms with van der Waals surface area (Å²) in [6.07, 6.45) is -4.75. The first-order valence-corrected chi connectivity index (χ1v) is 9.07. The van der Waals surface area contributed by atoms with E-state index in [1.807, 2.05) is 5.32 Å². The van der Waals surface area contributed by atoms with Crippen LogP contribution < -0.4 is 15.1 Å². The number of cyclic esters (lactones) is 1. The molecule has 0 aromatic heterocycles. The summed E-state index contributed by atoms with van der Waals surface area (Å²) in [4.78, 5) is 36.9. The van der Waals surface area contributed by atoms with E-state index in [0.717, 1.165) is 4.90 Å². The van der Waals surface area contributed by atoms with Gasteiger partial charge in [-0.1, -0.05) is 0 Å². The van der Waals surface area contributed by atoms with Crippen LogP contribution in [0.15, 0.2) is 18.2 Å². The quantitative estimate of drug-likeness (QED) is 0.730. The van der Waals surface area contributed by atoms with E-state index in [9.17, 15) is 27.6 Å². The lowest BCUT2D eigenvalue weighted by Gasteiger charge is -2.23. The van der Waals surface area contributed by atoms with Gasteiger partial charge in [-0.05, 0) is 30.0 Å². The maximum absolute atomic E-state index is 14.6. The van der Waals surface area contributed by atoms with Crippen molar-refractivity contribution in [2.75, 3.05) is 36.0 Å². The van der Waals surface area contributed by atoms with Crippen molar-refractivity contribution in [2.45, 2.75) is 12.5 Å². The number of carboxylic acid groups (broad SMARTS) is 1. The smallest absolute Gasteiger partial charge is 0.414 e. The van der Waals surface area contributed by atoms with Gasteiger partial charge in [-0.3, -0.25) is 14.5 Å². The second kappa shape index (κ2) is 7.12. The fourth-order valence-electron chi connectivity index (χ4n) is 4.14. The van der Waals surface area contributed by atoms with Crippen LogP contribution in [-0.2, 0) is 14.3 Å². The molecule has 0 bridgehead atoms. The van der Waals surface area contributed by atoms with Gasteiger partial charge in [0, 0.05) is 13.1 Å². The number of carbonyl (C=O) groups is 3. The third kappa shape index (κ3) is 3.56. The van der Waals surface area contributed by atoms with Gasteiger partial charge in [0.1, 0.15) is 11.9 Å². The van der Waals surface area contributed by atoms with Crippen LogP contribution in [0.2, 0.25) is 0 Å². The van der Waals surface area contributed by atoms with E-state index in [0.29, 0.717) is 18.8 Å².